The van der Waals surface area contributed by atoms with E-state index in [0.717, 1.165) is 11.3 Å². The predicted octanol–water partition coefficient (Wildman–Crippen LogP) is 0.229. The number of carbonyl (C=O) groups excluding carboxylic acids is 2. The number of esters is 1. The van der Waals surface area contributed by atoms with E-state index in [1.54, 1.807) is 6.92 Å². The largest absolute Gasteiger partial charge is 0.494 e. The molecule has 0 fully saturated rings. The van der Waals surface area contributed by atoms with Crippen molar-refractivity contribution in [2.24, 2.45) is 10.1 Å². The molecule has 1 aromatic heterocycles. The zero-order valence-electron chi connectivity index (χ0n) is 14.8. The van der Waals surface area contributed by atoms with Crippen LogP contribution in [0.1, 0.15) is 6.92 Å². The summed E-state index contributed by atoms with van der Waals surface area (Å²) in [5.41, 5.74) is 0.506. The number of rotatable bonds is 5. The molecule has 150 valence electrons. The highest BCUT2D eigenvalue weighted by molar-refractivity contribution is 7.89. The second-order valence-corrected chi connectivity index (χ2v) is 8.14. The minimum absolute atomic E-state index is 0.0587. The Morgan fingerprint density at radius 2 is 2.14 bits per heavy atom. The van der Waals surface area contributed by atoms with E-state index < -0.39 is 21.9 Å². The highest BCUT2D eigenvalue weighted by atomic mass is 32.2. The Morgan fingerprint density at radius 1 is 1.36 bits per heavy atom. The number of fused-ring (bicyclic) bond motifs is 1. The average Bonchev–Trinajstić information content (AvgIpc) is 2.98. The van der Waals surface area contributed by atoms with Crippen molar-refractivity contribution in [3.63, 3.8) is 0 Å². The maximum Gasteiger partial charge on any atom is 0.326 e. The number of amides is 1. The number of thiazole rings is 1. The molecule has 0 saturated carbocycles. The van der Waals surface area contributed by atoms with Crippen molar-refractivity contribution in [1.82, 2.24) is 4.57 Å². The first-order chi connectivity index (χ1) is 13.3. The van der Waals surface area contributed by atoms with Crippen LogP contribution in [0.4, 0.5) is 0 Å². The number of nitrogens with zero attached hydrogens (tertiary/aromatic N) is 2. The molecule has 2 heterocycles. The molecule has 0 aliphatic carbocycles. The van der Waals surface area contributed by atoms with Crippen LogP contribution in [0.2, 0.25) is 0 Å². The van der Waals surface area contributed by atoms with Crippen LogP contribution < -0.4 is 9.94 Å². The Kier molecular flexibility index (Phi) is 5.82. The summed E-state index contributed by atoms with van der Waals surface area (Å²) in [6.07, 6.45) is 1.18. The van der Waals surface area contributed by atoms with Gasteiger partial charge in [0.1, 0.15) is 26.0 Å². The molecular formula is C16H17N3O7S2. The van der Waals surface area contributed by atoms with Crippen molar-refractivity contribution >= 4 is 43.5 Å². The van der Waals surface area contributed by atoms with E-state index in [0.29, 0.717) is 16.8 Å². The first-order valence-electron chi connectivity index (χ1n) is 8.15. The summed E-state index contributed by atoms with van der Waals surface area (Å²) in [6, 6.07) is 4.17. The highest BCUT2D eigenvalue weighted by Gasteiger charge is 2.18. The van der Waals surface area contributed by atoms with Crippen LogP contribution in [0, 0.1) is 0 Å². The van der Waals surface area contributed by atoms with Crippen molar-refractivity contribution in [2.75, 3.05) is 19.8 Å². The fraction of sp³-hybridized carbons (Fsp3) is 0.312. The van der Waals surface area contributed by atoms with Gasteiger partial charge >= 0.3 is 11.9 Å². The molecule has 0 saturated heterocycles. The maximum absolute atomic E-state index is 12.4. The van der Waals surface area contributed by atoms with Crippen LogP contribution >= 0.6 is 11.3 Å². The van der Waals surface area contributed by atoms with E-state index in [2.05, 4.69) is 4.99 Å². The SMILES string of the molecule is CCOC(=O)Cn1/c(=N/C(=O)C2=COCCO2)sc2cc(S(N)(=O)=O)ccc21. The number of nitrogens with two attached hydrogens (primary N) is 1. The van der Waals surface area contributed by atoms with Crippen LogP contribution in [0.25, 0.3) is 10.2 Å². The van der Waals surface area contributed by atoms with E-state index >= 15 is 0 Å². The molecule has 28 heavy (non-hydrogen) atoms. The molecular weight excluding hydrogens is 410 g/mol. The van der Waals surface area contributed by atoms with Gasteiger partial charge in [0, 0.05) is 0 Å². The molecule has 0 spiro atoms. The monoisotopic (exact) mass is 427 g/mol. The number of ether oxygens (including phenoxy) is 3. The van der Waals surface area contributed by atoms with Crippen LogP contribution in [-0.4, -0.2) is 44.7 Å². The van der Waals surface area contributed by atoms with Gasteiger partial charge in [0.2, 0.25) is 15.8 Å². The van der Waals surface area contributed by atoms with E-state index in [1.807, 2.05) is 0 Å². The van der Waals surface area contributed by atoms with Crippen LogP contribution in [-0.2, 0) is 40.4 Å². The predicted molar refractivity (Wildman–Crippen MR) is 98.4 cm³/mol. The van der Waals surface area contributed by atoms with Crippen molar-refractivity contribution in [1.29, 1.82) is 0 Å². The molecule has 3 rings (SSSR count). The summed E-state index contributed by atoms with van der Waals surface area (Å²) in [6.45, 7) is 2.22. The number of hydrogen-bond acceptors (Lipinski definition) is 8. The third-order valence-corrected chi connectivity index (χ3v) is 5.58. The number of benzene rings is 1. The van der Waals surface area contributed by atoms with Gasteiger partial charge in [-0.3, -0.25) is 9.59 Å². The summed E-state index contributed by atoms with van der Waals surface area (Å²) < 4.78 is 40.4. The summed E-state index contributed by atoms with van der Waals surface area (Å²) in [7, 11) is -3.91. The van der Waals surface area contributed by atoms with E-state index in [-0.39, 0.29) is 35.2 Å². The second-order valence-electron chi connectivity index (χ2n) is 5.57. The lowest BCUT2D eigenvalue weighted by atomic mass is 10.3. The highest BCUT2D eigenvalue weighted by Crippen LogP contribution is 2.21. The van der Waals surface area contributed by atoms with Gasteiger partial charge in [-0.05, 0) is 25.1 Å². The first-order valence-corrected chi connectivity index (χ1v) is 10.5. The van der Waals surface area contributed by atoms with Gasteiger partial charge in [-0.1, -0.05) is 11.3 Å². The Balaban J connectivity index is 2.12. The lowest BCUT2D eigenvalue weighted by Gasteiger charge is -2.12. The lowest BCUT2D eigenvalue weighted by Crippen LogP contribution is -2.24. The van der Waals surface area contributed by atoms with Crippen molar-refractivity contribution in [2.45, 2.75) is 18.4 Å². The van der Waals surface area contributed by atoms with E-state index in [4.69, 9.17) is 19.3 Å². The zero-order valence-corrected chi connectivity index (χ0v) is 16.4. The molecule has 1 amide bonds. The third kappa shape index (κ3) is 4.40. The molecule has 0 unspecified atom stereocenters. The van der Waals surface area contributed by atoms with E-state index in [9.17, 15) is 18.0 Å². The molecule has 12 heteroatoms. The minimum Gasteiger partial charge on any atom is -0.494 e. The number of carbonyl (C=O) groups is 2. The fourth-order valence-corrected chi connectivity index (χ4v) is 4.11. The normalized spacial score (nSPS) is 14.9. The number of sulfonamides is 1. The van der Waals surface area contributed by atoms with Gasteiger partial charge in [-0.2, -0.15) is 4.99 Å². The number of hydrogen-bond donors (Lipinski definition) is 1. The molecule has 0 radical (unpaired) electrons. The molecule has 1 aliphatic rings. The molecule has 10 nitrogen and oxygen atoms in total. The quantitative estimate of drug-likeness (QED) is 0.674. The zero-order chi connectivity index (χ0) is 20.3. The Morgan fingerprint density at radius 3 is 2.79 bits per heavy atom. The van der Waals surface area contributed by atoms with Gasteiger partial charge in [0.15, 0.2) is 4.80 Å². The van der Waals surface area contributed by atoms with Gasteiger partial charge in [0.05, 0.1) is 21.7 Å². The maximum atomic E-state index is 12.4. The average molecular weight is 427 g/mol. The molecule has 0 bridgehead atoms. The Labute approximate surface area is 163 Å². The van der Waals surface area contributed by atoms with Crippen LogP contribution in [0.15, 0.2) is 40.1 Å². The Bertz CT molecular complexity index is 1130. The lowest BCUT2D eigenvalue weighted by molar-refractivity contribution is -0.143. The van der Waals surface area contributed by atoms with Gasteiger partial charge in [-0.15, -0.1) is 0 Å². The standard InChI is InChI=1S/C16H17N3O7S2/c1-2-25-14(20)8-19-11-4-3-10(28(17,22)23)7-13(11)27-16(19)18-15(21)12-9-24-5-6-26-12/h3-4,7,9H,2,5-6,8H2,1H3,(H2,17,22,23)/b18-16-. The molecule has 1 aliphatic heterocycles. The van der Waals surface area contributed by atoms with Crippen LogP contribution in [0.5, 0.6) is 0 Å². The van der Waals surface area contributed by atoms with Gasteiger partial charge in [0.25, 0.3) is 0 Å². The second kappa shape index (κ2) is 8.12. The summed E-state index contributed by atoms with van der Waals surface area (Å²) >= 11 is 1.03. The topological polar surface area (TPSA) is 139 Å². The smallest absolute Gasteiger partial charge is 0.326 e. The molecule has 2 aromatic rings. The molecule has 1 aromatic carbocycles. The number of primary sulfonamides is 1. The third-order valence-electron chi connectivity index (χ3n) is 3.63. The summed E-state index contributed by atoms with van der Waals surface area (Å²) in [5.74, 6) is -1.27. The fourth-order valence-electron chi connectivity index (χ4n) is 2.43. The van der Waals surface area contributed by atoms with Crippen molar-refractivity contribution < 1.29 is 32.2 Å². The Hall–Kier alpha value is -2.70. The van der Waals surface area contributed by atoms with Crippen molar-refractivity contribution in [3.05, 3.63) is 35.0 Å². The first kappa shape index (κ1) is 20.0. The number of aromatic nitrogens is 1. The molecule has 2 N–H and O–H groups in total. The van der Waals surface area contributed by atoms with E-state index in [1.165, 1.54) is 29.0 Å². The van der Waals surface area contributed by atoms with Gasteiger partial charge in [-0.25, -0.2) is 13.6 Å². The minimum atomic E-state index is -3.91. The summed E-state index contributed by atoms with van der Waals surface area (Å²) in [5, 5.41) is 5.17. The van der Waals surface area contributed by atoms with Gasteiger partial charge < -0.3 is 18.8 Å². The summed E-state index contributed by atoms with van der Waals surface area (Å²) in [4.78, 5) is 28.4. The molecule has 0 atom stereocenters. The van der Waals surface area contributed by atoms with Crippen molar-refractivity contribution in [3.8, 4) is 0 Å². The van der Waals surface area contributed by atoms with Crippen LogP contribution in [0.3, 0.4) is 0 Å².